The second-order valence-electron chi connectivity index (χ2n) is 12.0. The number of hydrogen-bond acceptors (Lipinski definition) is 5. The van der Waals surface area contributed by atoms with Gasteiger partial charge in [-0.25, -0.2) is 4.79 Å². The van der Waals surface area contributed by atoms with Gasteiger partial charge in [0.2, 0.25) is 0 Å². The Balaban J connectivity index is 1.47. The molecule has 2 aromatic rings. The Labute approximate surface area is 248 Å². The average Bonchev–Trinajstić information content (AvgIpc) is 3.23. The Hall–Kier alpha value is -2.57. The van der Waals surface area contributed by atoms with Crippen LogP contribution in [0.5, 0.6) is 17.2 Å². The summed E-state index contributed by atoms with van der Waals surface area (Å²) in [4.78, 5) is 13.2. The first-order valence-corrected chi connectivity index (χ1v) is 16.0. The average molecular weight is 567 g/mol. The molecule has 0 amide bonds. The van der Waals surface area contributed by atoms with Crippen molar-refractivity contribution in [2.24, 2.45) is 0 Å². The standard InChI is InChI=1S/C35H52NO5/c1-5-7-9-11-13-15-27-39-30-19-17-29(18-20-30)34(3)25-26-35(4,36(34)38)33(37)41-32-23-21-31(22-24-32)40-28-16-14-12-10-8-6-2/h17-24H,5-16,25-28H2,1-4H3/t34-,35-/m0/s1. The van der Waals surface area contributed by atoms with Crippen molar-refractivity contribution in [3.05, 3.63) is 54.1 Å². The van der Waals surface area contributed by atoms with Crippen LogP contribution in [-0.2, 0) is 15.5 Å². The molecule has 0 spiro atoms. The summed E-state index contributed by atoms with van der Waals surface area (Å²) in [7, 11) is 0. The van der Waals surface area contributed by atoms with E-state index in [2.05, 4.69) is 13.8 Å². The summed E-state index contributed by atoms with van der Waals surface area (Å²) in [6.45, 7) is 9.42. The molecule has 0 N–H and O–H groups in total. The van der Waals surface area contributed by atoms with Crippen molar-refractivity contribution in [3.8, 4) is 17.2 Å². The minimum Gasteiger partial charge on any atom is -0.494 e. The molecule has 0 unspecified atom stereocenters. The maximum Gasteiger partial charge on any atom is 0.334 e. The van der Waals surface area contributed by atoms with Crippen molar-refractivity contribution in [2.75, 3.05) is 13.2 Å². The molecule has 1 aliphatic heterocycles. The van der Waals surface area contributed by atoms with E-state index in [1.54, 1.807) is 19.1 Å². The Morgan fingerprint density at radius 3 is 1.61 bits per heavy atom. The number of hydroxylamine groups is 2. The summed E-state index contributed by atoms with van der Waals surface area (Å²) in [5.41, 5.74) is -1.21. The smallest absolute Gasteiger partial charge is 0.334 e. The fourth-order valence-corrected chi connectivity index (χ4v) is 5.56. The number of unbranched alkanes of at least 4 members (excludes halogenated alkanes) is 10. The summed E-state index contributed by atoms with van der Waals surface area (Å²) >= 11 is 0. The van der Waals surface area contributed by atoms with Crippen LogP contribution in [-0.4, -0.2) is 29.8 Å². The van der Waals surface area contributed by atoms with Gasteiger partial charge in [-0.1, -0.05) is 90.2 Å². The zero-order valence-corrected chi connectivity index (χ0v) is 25.9. The van der Waals surface area contributed by atoms with Gasteiger partial charge in [0.1, 0.15) is 22.8 Å². The maximum atomic E-state index is 13.6. The molecule has 1 fully saturated rings. The molecule has 3 rings (SSSR count). The Bertz CT molecular complexity index is 1020. The van der Waals surface area contributed by atoms with Gasteiger partial charge in [0, 0.05) is 0 Å². The fraction of sp³-hybridized carbons (Fsp3) is 0.629. The van der Waals surface area contributed by atoms with Crippen LogP contribution in [0, 0.1) is 0 Å². The SMILES string of the molecule is CCCCCCCCOc1ccc(OC(=O)[C@]2(C)CC[C@@](C)(c3ccc(OCCCCCCCC)cc3)N2[O])cc1. The Kier molecular flexibility index (Phi) is 13.5. The van der Waals surface area contributed by atoms with E-state index < -0.39 is 17.0 Å². The van der Waals surface area contributed by atoms with Crippen molar-refractivity contribution in [2.45, 2.75) is 129 Å². The van der Waals surface area contributed by atoms with Gasteiger partial charge < -0.3 is 14.2 Å². The van der Waals surface area contributed by atoms with Gasteiger partial charge in [-0.3, -0.25) is 0 Å². The van der Waals surface area contributed by atoms with Crippen LogP contribution in [0.15, 0.2) is 48.5 Å². The lowest BCUT2D eigenvalue weighted by Gasteiger charge is -2.35. The third kappa shape index (κ3) is 9.47. The molecule has 2 atom stereocenters. The number of rotatable bonds is 19. The van der Waals surface area contributed by atoms with E-state index in [9.17, 15) is 10.0 Å². The molecular weight excluding hydrogens is 514 g/mol. The molecule has 1 saturated heterocycles. The van der Waals surface area contributed by atoms with E-state index in [0.717, 1.165) is 35.0 Å². The zero-order chi connectivity index (χ0) is 29.6. The number of benzene rings is 2. The highest BCUT2D eigenvalue weighted by molar-refractivity contribution is 5.83. The van der Waals surface area contributed by atoms with Gasteiger partial charge in [0.25, 0.3) is 0 Å². The summed E-state index contributed by atoms with van der Waals surface area (Å²) in [6, 6.07) is 14.8. The molecule has 6 heteroatoms. The Morgan fingerprint density at radius 1 is 0.659 bits per heavy atom. The lowest BCUT2D eigenvalue weighted by atomic mass is 9.90. The second-order valence-corrected chi connectivity index (χ2v) is 12.0. The van der Waals surface area contributed by atoms with Gasteiger partial charge >= 0.3 is 5.97 Å². The Morgan fingerprint density at radius 2 is 1.10 bits per heavy atom. The van der Waals surface area contributed by atoms with E-state index in [1.807, 2.05) is 43.3 Å². The lowest BCUT2D eigenvalue weighted by Crippen LogP contribution is -2.53. The van der Waals surface area contributed by atoms with Gasteiger partial charge in [0.15, 0.2) is 0 Å². The number of carbonyl (C=O) groups is 1. The molecule has 0 aromatic heterocycles. The number of hydrogen-bond donors (Lipinski definition) is 0. The predicted molar refractivity (Wildman–Crippen MR) is 164 cm³/mol. The van der Waals surface area contributed by atoms with Crippen LogP contribution in [0.3, 0.4) is 0 Å². The van der Waals surface area contributed by atoms with Gasteiger partial charge in [0.05, 0.1) is 18.8 Å². The van der Waals surface area contributed by atoms with Crippen LogP contribution in [0.4, 0.5) is 0 Å². The van der Waals surface area contributed by atoms with Crippen molar-refractivity contribution in [1.29, 1.82) is 0 Å². The monoisotopic (exact) mass is 566 g/mol. The van der Waals surface area contributed by atoms with Gasteiger partial charge in [-0.05, 0) is 81.5 Å². The summed E-state index contributed by atoms with van der Waals surface area (Å²) in [5.74, 6) is 1.44. The predicted octanol–water partition coefficient (Wildman–Crippen LogP) is 9.19. The van der Waals surface area contributed by atoms with E-state index in [0.29, 0.717) is 31.8 Å². The summed E-state index contributed by atoms with van der Waals surface area (Å²) < 4.78 is 17.4. The van der Waals surface area contributed by atoms with Crippen LogP contribution < -0.4 is 14.2 Å². The highest BCUT2D eigenvalue weighted by Gasteiger charge is 2.57. The molecule has 2 aromatic carbocycles. The van der Waals surface area contributed by atoms with Crippen molar-refractivity contribution in [1.82, 2.24) is 5.06 Å². The van der Waals surface area contributed by atoms with Crippen LogP contribution >= 0.6 is 0 Å². The minimum atomic E-state index is -1.27. The molecule has 1 radical (unpaired) electrons. The number of esters is 1. The van der Waals surface area contributed by atoms with E-state index in [-0.39, 0.29) is 0 Å². The first kappa shape index (κ1) is 32.9. The van der Waals surface area contributed by atoms with Crippen molar-refractivity contribution >= 4 is 5.97 Å². The molecular formula is C35H52NO5. The normalized spacial score (nSPS) is 20.7. The molecule has 0 saturated carbocycles. The van der Waals surface area contributed by atoms with E-state index in [4.69, 9.17) is 14.2 Å². The van der Waals surface area contributed by atoms with E-state index in [1.165, 1.54) is 64.2 Å². The van der Waals surface area contributed by atoms with Crippen LogP contribution in [0.2, 0.25) is 0 Å². The maximum absolute atomic E-state index is 13.6. The van der Waals surface area contributed by atoms with E-state index >= 15 is 0 Å². The number of nitrogens with zero attached hydrogens (tertiary/aromatic N) is 1. The highest BCUT2D eigenvalue weighted by Crippen LogP contribution is 2.47. The molecule has 6 nitrogen and oxygen atoms in total. The summed E-state index contributed by atoms with van der Waals surface area (Å²) in [5, 5.41) is 14.6. The third-order valence-corrected chi connectivity index (χ3v) is 8.48. The second kappa shape index (κ2) is 16.8. The summed E-state index contributed by atoms with van der Waals surface area (Å²) in [6.07, 6.45) is 15.6. The lowest BCUT2D eigenvalue weighted by molar-refractivity contribution is -0.256. The van der Waals surface area contributed by atoms with Gasteiger partial charge in [-0.15, -0.1) is 10.3 Å². The van der Waals surface area contributed by atoms with Crippen LogP contribution in [0.25, 0.3) is 0 Å². The van der Waals surface area contributed by atoms with Crippen molar-refractivity contribution in [3.63, 3.8) is 0 Å². The topological polar surface area (TPSA) is 67.9 Å². The zero-order valence-electron chi connectivity index (χ0n) is 25.9. The van der Waals surface area contributed by atoms with Gasteiger partial charge in [-0.2, -0.15) is 0 Å². The number of carbonyl (C=O) groups excluding carboxylic acids is 1. The third-order valence-electron chi connectivity index (χ3n) is 8.48. The molecule has 41 heavy (non-hydrogen) atoms. The molecule has 227 valence electrons. The van der Waals surface area contributed by atoms with Crippen LogP contribution in [0.1, 0.15) is 123 Å². The van der Waals surface area contributed by atoms with Crippen molar-refractivity contribution < 1.29 is 24.2 Å². The largest absolute Gasteiger partial charge is 0.494 e. The minimum absolute atomic E-state index is 0.414. The molecule has 0 aliphatic carbocycles. The molecule has 1 heterocycles. The first-order valence-electron chi connectivity index (χ1n) is 16.0. The molecule has 1 aliphatic rings. The first-order chi connectivity index (χ1) is 19.8. The highest BCUT2D eigenvalue weighted by atomic mass is 16.6. The molecule has 0 bridgehead atoms. The number of ether oxygens (including phenoxy) is 3. The fourth-order valence-electron chi connectivity index (χ4n) is 5.56. The quantitative estimate of drug-likeness (QED) is 0.0963.